The van der Waals surface area contributed by atoms with Gasteiger partial charge < -0.3 is 0 Å². The summed E-state index contributed by atoms with van der Waals surface area (Å²) in [7, 11) is -3.49. The maximum atomic E-state index is 10.7. The van der Waals surface area contributed by atoms with Gasteiger partial charge >= 0.3 is 0 Å². The highest BCUT2D eigenvalue weighted by Gasteiger charge is 2.08. The zero-order valence-corrected chi connectivity index (χ0v) is 9.88. The second-order valence-electron chi connectivity index (χ2n) is 3.21. The summed E-state index contributed by atoms with van der Waals surface area (Å²) >= 11 is 0. The highest BCUT2D eigenvalue weighted by atomic mass is 32.2. The number of hydrogen-bond donors (Lipinski definition) is 0. The second-order valence-corrected chi connectivity index (χ2v) is 4.85. The van der Waals surface area contributed by atoms with E-state index in [9.17, 15) is 18.5 Å². The first-order valence-electron chi connectivity index (χ1n) is 4.64. The lowest BCUT2D eigenvalue weighted by Crippen LogP contribution is -2.01. The van der Waals surface area contributed by atoms with E-state index in [1.54, 1.807) is 18.2 Å². The van der Waals surface area contributed by atoms with E-state index in [-0.39, 0.29) is 12.3 Å². The zero-order valence-electron chi connectivity index (χ0n) is 9.07. The van der Waals surface area contributed by atoms with Crippen molar-refractivity contribution >= 4 is 21.9 Å². The van der Waals surface area contributed by atoms with Crippen molar-refractivity contribution in [2.24, 2.45) is 0 Å². The van der Waals surface area contributed by atoms with Gasteiger partial charge in [0, 0.05) is 6.07 Å². The van der Waals surface area contributed by atoms with Crippen LogP contribution in [-0.4, -0.2) is 26.2 Å². The smallest absolute Gasteiger partial charge is 0.266 e. The lowest BCUT2D eigenvalue weighted by Gasteiger charge is -1.97. The molecule has 0 saturated carbocycles. The zero-order chi connectivity index (χ0) is 12.9. The quantitative estimate of drug-likeness (QED) is 0.454. The van der Waals surface area contributed by atoms with Crippen molar-refractivity contribution in [3.63, 3.8) is 0 Å². The Morgan fingerprint density at radius 2 is 2.06 bits per heavy atom. The number of rotatable bonds is 5. The van der Waals surface area contributed by atoms with Crippen molar-refractivity contribution in [1.29, 1.82) is 0 Å². The molecule has 0 spiro atoms. The fraction of sp³-hybridized carbons (Fsp3) is 0.200. The summed E-state index contributed by atoms with van der Waals surface area (Å²) in [6.45, 7) is -0.148. The average Bonchev–Trinajstić information content (AvgIpc) is 2.23. The predicted octanol–water partition coefficient (Wildman–Crippen LogP) is 1.58. The lowest BCUT2D eigenvalue weighted by molar-refractivity contribution is -0.385. The molecule has 0 atom stereocenters. The van der Waals surface area contributed by atoms with E-state index < -0.39 is 15.0 Å². The molecule has 0 N–H and O–H groups in total. The molecule has 0 amide bonds. The maximum Gasteiger partial charge on any atom is 0.276 e. The summed E-state index contributed by atoms with van der Waals surface area (Å²) < 4.78 is 25.8. The Labute approximate surface area is 98.8 Å². The van der Waals surface area contributed by atoms with Crippen LogP contribution in [0.25, 0.3) is 6.08 Å². The van der Waals surface area contributed by atoms with E-state index in [4.69, 9.17) is 0 Å². The van der Waals surface area contributed by atoms with Gasteiger partial charge in [0.2, 0.25) is 0 Å². The van der Waals surface area contributed by atoms with E-state index in [2.05, 4.69) is 4.18 Å². The highest BCUT2D eigenvalue weighted by Crippen LogP contribution is 2.18. The van der Waals surface area contributed by atoms with E-state index in [1.807, 2.05) is 0 Å². The fourth-order valence-corrected chi connectivity index (χ4v) is 1.46. The normalized spacial score (nSPS) is 11.8. The predicted molar refractivity (Wildman–Crippen MR) is 62.9 cm³/mol. The Morgan fingerprint density at radius 1 is 1.41 bits per heavy atom. The Balaban J connectivity index is 2.75. The molecule has 0 saturated heterocycles. The molecule has 0 radical (unpaired) electrons. The molecule has 0 aliphatic carbocycles. The topological polar surface area (TPSA) is 86.5 Å². The molecule has 7 heteroatoms. The Kier molecular flexibility index (Phi) is 4.36. The van der Waals surface area contributed by atoms with Gasteiger partial charge in [0.25, 0.3) is 15.8 Å². The van der Waals surface area contributed by atoms with Gasteiger partial charge in [-0.25, -0.2) is 0 Å². The van der Waals surface area contributed by atoms with Crippen LogP contribution in [0.15, 0.2) is 30.3 Å². The van der Waals surface area contributed by atoms with Crippen LogP contribution in [0.5, 0.6) is 0 Å². The third-order valence-corrected chi connectivity index (χ3v) is 2.37. The summed E-state index contributed by atoms with van der Waals surface area (Å²) in [6.07, 6.45) is 3.79. The molecule has 0 unspecified atom stereocenters. The van der Waals surface area contributed by atoms with Gasteiger partial charge in [-0.1, -0.05) is 18.2 Å². The molecule has 92 valence electrons. The summed E-state index contributed by atoms with van der Waals surface area (Å²) in [6, 6.07) is 6.15. The minimum atomic E-state index is -3.49. The van der Waals surface area contributed by atoms with Gasteiger partial charge in [-0.05, 0) is 12.1 Å². The minimum Gasteiger partial charge on any atom is -0.266 e. The molecule has 0 aromatic heterocycles. The molecule has 0 heterocycles. The van der Waals surface area contributed by atoms with Crippen LogP contribution in [0.1, 0.15) is 5.56 Å². The number of nitro groups is 1. The number of nitrogens with zero attached hydrogens (tertiary/aromatic N) is 1. The maximum absolute atomic E-state index is 10.7. The fourth-order valence-electron chi connectivity index (χ4n) is 1.13. The largest absolute Gasteiger partial charge is 0.276 e. The molecular formula is C10H11NO5S. The second kappa shape index (κ2) is 5.55. The van der Waals surface area contributed by atoms with Gasteiger partial charge in [-0.15, -0.1) is 0 Å². The Hall–Kier alpha value is -1.73. The lowest BCUT2D eigenvalue weighted by atomic mass is 10.1. The summed E-state index contributed by atoms with van der Waals surface area (Å²) in [5.41, 5.74) is 0.359. The van der Waals surface area contributed by atoms with Crippen LogP contribution < -0.4 is 0 Å². The van der Waals surface area contributed by atoms with Gasteiger partial charge in [0.05, 0.1) is 23.3 Å². The summed E-state index contributed by atoms with van der Waals surface area (Å²) in [5.74, 6) is 0. The van der Waals surface area contributed by atoms with Gasteiger partial charge in [0.15, 0.2) is 0 Å². The number of nitro benzene ring substituents is 1. The number of para-hydroxylation sites is 1. The molecule has 1 aromatic carbocycles. The van der Waals surface area contributed by atoms with Crippen molar-refractivity contribution in [1.82, 2.24) is 0 Å². The van der Waals surface area contributed by atoms with Crippen LogP contribution in [0.2, 0.25) is 0 Å². The summed E-state index contributed by atoms with van der Waals surface area (Å²) in [4.78, 5) is 10.2. The molecule has 0 aliphatic rings. The molecular weight excluding hydrogens is 246 g/mol. The third kappa shape index (κ3) is 4.75. The SMILES string of the molecule is CS(=O)(=O)OCC=Cc1ccccc1[N+](=O)[O-]. The van der Waals surface area contributed by atoms with E-state index in [1.165, 1.54) is 18.2 Å². The third-order valence-electron chi connectivity index (χ3n) is 1.81. The monoisotopic (exact) mass is 257 g/mol. The van der Waals surface area contributed by atoms with Crippen LogP contribution in [0.4, 0.5) is 5.69 Å². The summed E-state index contributed by atoms with van der Waals surface area (Å²) in [5, 5.41) is 10.7. The first kappa shape index (κ1) is 13.3. The molecule has 17 heavy (non-hydrogen) atoms. The van der Waals surface area contributed by atoms with Crippen LogP contribution in [-0.2, 0) is 14.3 Å². The van der Waals surface area contributed by atoms with E-state index in [0.717, 1.165) is 6.26 Å². The van der Waals surface area contributed by atoms with Crippen LogP contribution >= 0.6 is 0 Å². The number of hydrogen-bond acceptors (Lipinski definition) is 5. The first-order chi connectivity index (χ1) is 7.90. The van der Waals surface area contributed by atoms with Crippen molar-refractivity contribution in [3.05, 3.63) is 46.0 Å². The van der Waals surface area contributed by atoms with Crippen LogP contribution in [0.3, 0.4) is 0 Å². The van der Waals surface area contributed by atoms with Crippen molar-refractivity contribution in [3.8, 4) is 0 Å². The highest BCUT2D eigenvalue weighted by molar-refractivity contribution is 7.85. The standard InChI is InChI=1S/C10H11NO5S/c1-17(14,15)16-8-4-6-9-5-2-3-7-10(9)11(12)13/h2-7H,8H2,1H3. The van der Waals surface area contributed by atoms with E-state index in [0.29, 0.717) is 5.56 Å². The van der Waals surface area contributed by atoms with Gasteiger partial charge in [-0.3, -0.25) is 14.3 Å². The molecule has 0 fully saturated rings. The minimum absolute atomic E-state index is 0.0388. The molecule has 6 nitrogen and oxygen atoms in total. The molecule has 1 aromatic rings. The van der Waals surface area contributed by atoms with Crippen molar-refractivity contribution < 1.29 is 17.5 Å². The Morgan fingerprint density at radius 3 is 2.65 bits per heavy atom. The van der Waals surface area contributed by atoms with Crippen molar-refractivity contribution in [2.75, 3.05) is 12.9 Å². The molecule has 0 bridgehead atoms. The molecule has 0 aliphatic heterocycles. The van der Waals surface area contributed by atoms with Crippen molar-refractivity contribution in [2.45, 2.75) is 0 Å². The average molecular weight is 257 g/mol. The van der Waals surface area contributed by atoms with E-state index >= 15 is 0 Å². The number of benzene rings is 1. The van der Waals surface area contributed by atoms with Crippen LogP contribution in [0, 0.1) is 10.1 Å². The van der Waals surface area contributed by atoms with Gasteiger partial charge in [-0.2, -0.15) is 8.42 Å². The molecule has 1 rings (SSSR count). The first-order valence-corrected chi connectivity index (χ1v) is 6.46. The Bertz CT molecular complexity index is 535. The van der Waals surface area contributed by atoms with Gasteiger partial charge in [0.1, 0.15) is 0 Å².